The van der Waals surface area contributed by atoms with Crippen LogP contribution in [0.3, 0.4) is 0 Å². The molecule has 0 saturated carbocycles. The van der Waals surface area contributed by atoms with Crippen LogP contribution >= 0.6 is 0 Å². The van der Waals surface area contributed by atoms with Gasteiger partial charge < -0.3 is 9.80 Å². The van der Waals surface area contributed by atoms with Crippen molar-refractivity contribution in [2.45, 2.75) is 26.2 Å². The zero-order valence-corrected chi connectivity index (χ0v) is 18.4. The minimum atomic E-state index is -0.377. The maximum absolute atomic E-state index is 12.9. The molecule has 32 heavy (non-hydrogen) atoms. The van der Waals surface area contributed by atoms with E-state index in [9.17, 15) is 14.9 Å². The second kappa shape index (κ2) is 8.41. The van der Waals surface area contributed by atoms with Crippen LogP contribution in [-0.2, 0) is 5.41 Å². The van der Waals surface area contributed by atoms with Gasteiger partial charge in [0.2, 0.25) is 0 Å². The molecule has 166 valence electrons. The number of benzene rings is 2. The van der Waals surface area contributed by atoms with Gasteiger partial charge in [-0.05, 0) is 35.2 Å². The number of aromatic nitrogens is 3. The number of nitro benzene ring substituents is 1. The highest BCUT2D eigenvalue weighted by Crippen LogP contribution is 2.31. The molecule has 9 heteroatoms. The Bertz CT molecular complexity index is 1110. The third-order valence-electron chi connectivity index (χ3n) is 5.78. The van der Waals surface area contributed by atoms with E-state index in [1.54, 1.807) is 21.6 Å². The van der Waals surface area contributed by atoms with E-state index in [0.717, 1.165) is 0 Å². The third-order valence-corrected chi connectivity index (χ3v) is 5.78. The fraction of sp³-hybridized carbons (Fsp3) is 0.348. The lowest BCUT2D eigenvalue weighted by molar-refractivity contribution is -0.384. The summed E-state index contributed by atoms with van der Waals surface area (Å²) in [6.45, 7) is 8.48. The Morgan fingerprint density at radius 3 is 2.16 bits per heavy atom. The monoisotopic (exact) mass is 434 g/mol. The van der Waals surface area contributed by atoms with Crippen molar-refractivity contribution in [2.24, 2.45) is 0 Å². The molecule has 1 saturated heterocycles. The van der Waals surface area contributed by atoms with Crippen LogP contribution in [0.1, 0.15) is 36.7 Å². The van der Waals surface area contributed by atoms with Crippen LogP contribution in [0.15, 0.2) is 55.1 Å². The van der Waals surface area contributed by atoms with Gasteiger partial charge in [0.15, 0.2) is 0 Å². The Kier molecular flexibility index (Phi) is 5.65. The molecule has 2 heterocycles. The molecule has 1 aromatic heterocycles. The van der Waals surface area contributed by atoms with Gasteiger partial charge in [-0.3, -0.25) is 19.5 Å². The average molecular weight is 435 g/mol. The molecule has 0 spiro atoms. The number of nitro groups is 1. The molecule has 3 aromatic rings. The second-order valence-electron chi connectivity index (χ2n) is 8.91. The topological polar surface area (TPSA) is 97.4 Å². The number of hydrogen-bond donors (Lipinski definition) is 0. The van der Waals surface area contributed by atoms with E-state index in [0.29, 0.717) is 43.1 Å². The average Bonchev–Trinajstić information content (AvgIpc) is 3.33. The summed E-state index contributed by atoms with van der Waals surface area (Å²) in [6, 6.07) is 12.8. The highest BCUT2D eigenvalue weighted by Gasteiger charge is 2.27. The van der Waals surface area contributed by atoms with Crippen molar-refractivity contribution >= 4 is 17.3 Å². The molecule has 0 bridgehead atoms. The molecule has 0 atom stereocenters. The number of carbonyl (C=O) groups excluding carboxylic acids is 1. The lowest BCUT2D eigenvalue weighted by atomic mass is 9.86. The predicted molar refractivity (Wildman–Crippen MR) is 121 cm³/mol. The minimum Gasteiger partial charge on any atom is -0.362 e. The summed E-state index contributed by atoms with van der Waals surface area (Å²) < 4.78 is 1.62. The second-order valence-corrected chi connectivity index (χ2v) is 8.91. The van der Waals surface area contributed by atoms with Crippen molar-refractivity contribution in [1.29, 1.82) is 0 Å². The number of piperazine rings is 1. The van der Waals surface area contributed by atoms with Crippen LogP contribution in [0.2, 0.25) is 0 Å². The van der Waals surface area contributed by atoms with E-state index < -0.39 is 0 Å². The molecular weight excluding hydrogens is 408 g/mol. The number of anilines is 1. The SMILES string of the molecule is CC(C)(C)c1ccc(C(=O)N2CCN(c3ccc(-n4cnnc4)cc3[N+](=O)[O-])CC2)cc1. The predicted octanol–water partition coefficient (Wildman–Crippen LogP) is 3.44. The van der Waals surface area contributed by atoms with Gasteiger partial charge in [-0.15, -0.1) is 10.2 Å². The third kappa shape index (κ3) is 4.32. The van der Waals surface area contributed by atoms with Crippen LogP contribution in [0.5, 0.6) is 0 Å². The first-order chi connectivity index (χ1) is 15.2. The Morgan fingerprint density at radius 2 is 1.59 bits per heavy atom. The van der Waals surface area contributed by atoms with Gasteiger partial charge in [0.1, 0.15) is 18.3 Å². The van der Waals surface area contributed by atoms with Crippen molar-refractivity contribution in [2.75, 3.05) is 31.1 Å². The molecule has 0 N–H and O–H groups in total. The fourth-order valence-electron chi connectivity index (χ4n) is 3.87. The summed E-state index contributed by atoms with van der Waals surface area (Å²) in [5, 5.41) is 19.2. The molecular formula is C23H26N6O3. The molecule has 1 fully saturated rings. The summed E-state index contributed by atoms with van der Waals surface area (Å²) in [7, 11) is 0. The molecule has 2 aromatic carbocycles. The van der Waals surface area contributed by atoms with Gasteiger partial charge in [0, 0.05) is 37.8 Å². The van der Waals surface area contributed by atoms with E-state index in [1.165, 1.54) is 24.3 Å². The lowest BCUT2D eigenvalue weighted by Gasteiger charge is -2.36. The zero-order valence-electron chi connectivity index (χ0n) is 18.4. The summed E-state index contributed by atoms with van der Waals surface area (Å²) in [5.74, 6) is -0.0115. The largest absolute Gasteiger partial charge is 0.362 e. The molecule has 0 radical (unpaired) electrons. The van der Waals surface area contributed by atoms with Gasteiger partial charge >= 0.3 is 0 Å². The standard InChI is InChI=1S/C23H26N6O3/c1-23(2,3)18-6-4-17(5-7-18)22(30)27-12-10-26(11-13-27)20-9-8-19(14-21(20)29(31)32)28-15-24-25-16-28/h4-9,14-16H,10-13H2,1-3H3. The van der Waals surface area contributed by atoms with Crippen molar-refractivity contribution in [3.8, 4) is 5.69 Å². The van der Waals surface area contributed by atoms with Crippen LogP contribution < -0.4 is 4.90 Å². The molecule has 1 aliphatic rings. The Morgan fingerprint density at radius 1 is 0.969 bits per heavy atom. The van der Waals surface area contributed by atoms with Crippen molar-refractivity contribution in [3.05, 3.63) is 76.4 Å². The molecule has 9 nitrogen and oxygen atoms in total. The first kappa shape index (κ1) is 21.5. The lowest BCUT2D eigenvalue weighted by Crippen LogP contribution is -2.49. The van der Waals surface area contributed by atoms with Gasteiger partial charge in [0.25, 0.3) is 11.6 Å². The Balaban J connectivity index is 1.46. The van der Waals surface area contributed by atoms with Crippen molar-refractivity contribution in [3.63, 3.8) is 0 Å². The highest BCUT2D eigenvalue weighted by atomic mass is 16.6. The van der Waals surface area contributed by atoms with Gasteiger partial charge in [-0.2, -0.15) is 0 Å². The van der Waals surface area contributed by atoms with E-state index in [1.807, 2.05) is 29.2 Å². The number of amides is 1. The minimum absolute atomic E-state index is 0.0115. The van der Waals surface area contributed by atoms with E-state index in [-0.39, 0.29) is 21.9 Å². The van der Waals surface area contributed by atoms with Crippen LogP contribution in [0.25, 0.3) is 5.69 Å². The van der Waals surface area contributed by atoms with Crippen LogP contribution in [-0.4, -0.2) is 56.7 Å². The molecule has 1 aliphatic heterocycles. The van der Waals surface area contributed by atoms with E-state index in [4.69, 9.17) is 0 Å². The first-order valence-electron chi connectivity index (χ1n) is 10.5. The Labute approximate surface area is 186 Å². The smallest absolute Gasteiger partial charge is 0.294 e. The maximum Gasteiger partial charge on any atom is 0.294 e. The molecule has 0 unspecified atom stereocenters. The number of carbonyl (C=O) groups is 1. The van der Waals surface area contributed by atoms with Crippen LogP contribution in [0.4, 0.5) is 11.4 Å². The maximum atomic E-state index is 12.9. The molecule has 1 amide bonds. The number of rotatable bonds is 4. The summed E-state index contributed by atoms with van der Waals surface area (Å²) in [4.78, 5) is 28.0. The Hall–Kier alpha value is -3.75. The summed E-state index contributed by atoms with van der Waals surface area (Å²) >= 11 is 0. The molecule has 4 rings (SSSR count). The fourth-order valence-corrected chi connectivity index (χ4v) is 3.87. The normalized spacial score (nSPS) is 14.5. The quantitative estimate of drug-likeness (QED) is 0.461. The number of nitrogens with zero attached hydrogens (tertiary/aromatic N) is 6. The highest BCUT2D eigenvalue weighted by molar-refractivity contribution is 5.94. The zero-order chi connectivity index (χ0) is 22.9. The summed E-state index contributed by atoms with van der Waals surface area (Å²) in [6.07, 6.45) is 2.99. The van der Waals surface area contributed by atoms with E-state index >= 15 is 0 Å². The van der Waals surface area contributed by atoms with Gasteiger partial charge in [-0.1, -0.05) is 32.9 Å². The summed E-state index contributed by atoms with van der Waals surface area (Å²) in [5.41, 5.74) is 3.07. The van der Waals surface area contributed by atoms with Gasteiger partial charge in [0.05, 0.1) is 10.6 Å². The van der Waals surface area contributed by atoms with E-state index in [2.05, 4.69) is 31.0 Å². The number of hydrogen-bond acceptors (Lipinski definition) is 6. The van der Waals surface area contributed by atoms with Crippen molar-refractivity contribution in [1.82, 2.24) is 19.7 Å². The first-order valence-corrected chi connectivity index (χ1v) is 10.5. The molecule has 0 aliphatic carbocycles. The van der Waals surface area contributed by atoms with Crippen molar-refractivity contribution < 1.29 is 9.72 Å². The van der Waals surface area contributed by atoms with Gasteiger partial charge in [-0.25, -0.2) is 0 Å². The van der Waals surface area contributed by atoms with Crippen LogP contribution in [0, 0.1) is 10.1 Å².